The van der Waals surface area contributed by atoms with Crippen LogP contribution in [0.25, 0.3) is 0 Å². The Labute approximate surface area is 182 Å². The fraction of sp³-hybridized carbons (Fsp3) is 0.435. The van der Waals surface area contributed by atoms with Crippen molar-refractivity contribution in [1.82, 2.24) is 4.90 Å². The molecule has 1 aliphatic rings. The number of para-hydroxylation sites is 1. The van der Waals surface area contributed by atoms with Gasteiger partial charge >= 0.3 is 0 Å². The molecule has 8 nitrogen and oxygen atoms in total. The fourth-order valence-corrected chi connectivity index (χ4v) is 4.02. The monoisotopic (exact) mass is 426 g/mol. The summed E-state index contributed by atoms with van der Waals surface area (Å²) in [5, 5.41) is 16.9. The average Bonchev–Trinajstić information content (AvgIpc) is 2.79. The van der Waals surface area contributed by atoms with E-state index in [1.807, 2.05) is 18.2 Å². The molecule has 31 heavy (non-hydrogen) atoms. The van der Waals surface area contributed by atoms with Gasteiger partial charge in [-0.25, -0.2) is 0 Å². The molecule has 1 saturated carbocycles. The van der Waals surface area contributed by atoms with Gasteiger partial charge in [-0.3, -0.25) is 19.8 Å². The number of ether oxygens (including phenoxy) is 1. The second kappa shape index (κ2) is 10.8. The van der Waals surface area contributed by atoms with Crippen molar-refractivity contribution < 1.29 is 14.5 Å². The summed E-state index contributed by atoms with van der Waals surface area (Å²) in [6.45, 7) is 0.899. The number of benzene rings is 2. The van der Waals surface area contributed by atoms with E-state index in [0.717, 1.165) is 17.8 Å². The van der Waals surface area contributed by atoms with E-state index in [-0.39, 0.29) is 23.9 Å². The third-order valence-electron chi connectivity index (χ3n) is 5.74. The Kier molecular flexibility index (Phi) is 7.83. The van der Waals surface area contributed by atoms with Gasteiger partial charge in [0.15, 0.2) is 0 Å². The maximum absolute atomic E-state index is 12.5. The maximum Gasteiger partial charge on any atom is 0.273 e. The Morgan fingerprint density at radius 2 is 1.90 bits per heavy atom. The molecule has 0 radical (unpaired) electrons. The first-order valence-corrected chi connectivity index (χ1v) is 10.6. The minimum absolute atomic E-state index is 0.0737. The molecule has 0 atom stereocenters. The molecule has 0 aliphatic heterocycles. The minimum atomic E-state index is -0.503. The van der Waals surface area contributed by atoms with Gasteiger partial charge in [0.05, 0.1) is 30.3 Å². The quantitative estimate of drug-likeness (QED) is 0.455. The minimum Gasteiger partial charge on any atom is -0.494 e. The van der Waals surface area contributed by atoms with Crippen molar-refractivity contribution >= 4 is 23.0 Å². The van der Waals surface area contributed by atoms with Crippen molar-refractivity contribution in [2.24, 2.45) is 0 Å². The summed E-state index contributed by atoms with van der Waals surface area (Å²) in [4.78, 5) is 25.3. The van der Waals surface area contributed by atoms with Gasteiger partial charge in [0.1, 0.15) is 5.75 Å². The van der Waals surface area contributed by atoms with Gasteiger partial charge in [-0.05, 0) is 37.6 Å². The van der Waals surface area contributed by atoms with Gasteiger partial charge in [0, 0.05) is 24.3 Å². The van der Waals surface area contributed by atoms with Crippen LogP contribution in [0.4, 0.5) is 17.1 Å². The molecular weight excluding hydrogens is 396 g/mol. The molecule has 0 aromatic heterocycles. The predicted molar refractivity (Wildman–Crippen MR) is 122 cm³/mol. The van der Waals surface area contributed by atoms with Gasteiger partial charge in [-0.1, -0.05) is 37.5 Å². The Balaban J connectivity index is 1.60. The van der Waals surface area contributed by atoms with Gasteiger partial charge in [-0.15, -0.1) is 0 Å². The Bertz CT molecular complexity index is 912. The van der Waals surface area contributed by atoms with Gasteiger partial charge in [-0.2, -0.15) is 0 Å². The number of non-ortho nitro benzene ring substituents is 1. The number of carbonyl (C=O) groups is 1. The van der Waals surface area contributed by atoms with E-state index in [4.69, 9.17) is 4.74 Å². The molecule has 2 aromatic carbocycles. The SMILES string of the molecule is COc1cc([N+](=O)[O-])ccc1NC(=O)CNc1ccccc1CN(C)C1CCCCC1. The van der Waals surface area contributed by atoms with E-state index in [2.05, 4.69) is 28.6 Å². The van der Waals surface area contributed by atoms with Crippen molar-refractivity contribution in [3.05, 3.63) is 58.1 Å². The lowest BCUT2D eigenvalue weighted by molar-refractivity contribution is -0.384. The van der Waals surface area contributed by atoms with Crippen LogP contribution in [0, 0.1) is 10.1 Å². The van der Waals surface area contributed by atoms with Crippen LogP contribution >= 0.6 is 0 Å². The largest absolute Gasteiger partial charge is 0.494 e. The summed E-state index contributed by atoms with van der Waals surface area (Å²) in [5.41, 5.74) is 2.38. The summed E-state index contributed by atoms with van der Waals surface area (Å²) < 4.78 is 5.18. The van der Waals surface area contributed by atoms with Crippen LogP contribution < -0.4 is 15.4 Å². The van der Waals surface area contributed by atoms with Crippen molar-refractivity contribution in [1.29, 1.82) is 0 Å². The van der Waals surface area contributed by atoms with Crippen LogP contribution in [0.2, 0.25) is 0 Å². The van der Waals surface area contributed by atoms with E-state index >= 15 is 0 Å². The molecule has 166 valence electrons. The van der Waals surface area contributed by atoms with Crippen LogP contribution in [0.1, 0.15) is 37.7 Å². The zero-order valence-corrected chi connectivity index (χ0v) is 18.1. The number of methoxy groups -OCH3 is 1. The zero-order valence-electron chi connectivity index (χ0n) is 18.1. The van der Waals surface area contributed by atoms with E-state index in [1.165, 1.54) is 57.4 Å². The second-order valence-electron chi connectivity index (χ2n) is 7.91. The highest BCUT2D eigenvalue weighted by Crippen LogP contribution is 2.29. The lowest BCUT2D eigenvalue weighted by atomic mass is 9.94. The van der Waals surface area contributed by atoms with Crippen molar-refractivity contribution in [3.8, 4) is 5.75 Å². The maximum atomic E-state index is 12.5. The number of hydrogen-bond donors (Lipinski definition) is 2. The summed E-state index contributed by atoms with van der Waals surface area (Å²) in [7, 11) is 3.58. The number of hydrogen-bond acceptors (Lipinski definition) is 6. The van der Waals surface area contributed by atoms with Crippen molar-refractivity contribution in [3.63, 3.8) is 0 Å². The molecule has 1 fully saturated rings. The molecule has 8 heteroatoms. The van der Waals surface area contributed by atoms with Gasteiger partial charge in [0.25, 0.3) is 5.69 Å². The smallest absolute Gasteiger partial charge is 0.273 e. The summed E-state index contributed by atoms with van der Waals surface area (Å²) in [5.74, 6) is -0.0142. The van der Waals surface area contributed by atoms with Crippen molar-refractivity contribution in [2.45, 2.75) is 44.7 Å². The molecule has 0 saturated heterocycles. The van der Waals surface area contributed by atoms with Gasteiger partial charge < -0.3 is 15.4 Å². The van der Waals surface area contributed by atoms with Gasteiger partial charge in [0.2, 0.25) is 5.91 Å². The molecule has 0 bridgehead atoms. The van der Waals surface area contributed by atoms with E-state index in [0.29, 0.717) is 11.7 Å². The van der Waals surface area contributed by atoms with E-state index < -0.39 is 4.92 Å². The first-order chi connectivity index (χ1) is 15.0. The molecule has 3 rings (SSSR count). The van der Waals surface area contributed by atoms with Crippen LogP contribution in [-0.2, 0) is 11.3 Å². The lowest BCUT2D eigenvalue weighted by Crippen LogP contribution is -2.33. The number of anilines is 2. The number of nitro groups is 1. The van der Waals surface area contributed by atoms with Crippen molar-refractivity contribution in [2.75, 3.05) is 31.3 Å². The van der Waals surface area contributed by atoms with Crippen LogP contribution in [0.5, 0.6) is 5.75 Å². The molecule has 1 amide bonds. The molecular formula is C23H30N4O4. The average molecular weight is 427 g/mol. The molecule has 2 aromatic rings. The first kappa shape index (κ1) is 22.6. The Morgan fingerprint density at radius 1 is 1.16 bits per heavy atom. The van der Waals surface area contributed by atoms with E-state index in [1.54, 1.807) is 0 Å². The highest BCUT2D eigenvalue weighted by atomic mass is 16.6. The molecule has 0 spiro atoms. The standard InChI is InChI=1S/C23H30N4O4/c1-26(18-9-4-3-5-10-18)16-17-8-6-7-11-20(17)24-15-23(28)25-21-13-12-19(27(29)30)14-22(21)31-2/h6-8,11-14,18,24H,3-5,9-10,15-16H2,1-2H3,(H,25,28). The van der Waals surface area contributed by atoms with E-state index in [9.17, 15) is 14.9 Å². The number of amides is 1. The predicted octanol–water partition coefficient (Wildman–Crippen LogP) is 4.42. The molecule has 2 N–H and O–H groups in total. The summed E-state index contributed by atoms with van der Waals surface area (Å²) in [6, 6.07) is 12.7. The second-order valence-corrected chi connectivity index (χ2v) is 7.91. The topological polar surface area (TPSA) is 96.7 Å². The highest BCUT2D eigenvalue weighted by molar-refractivity contribution is 5.95. The molecule has 0 unspecified atom stereocenters. The lowest BCUT2D eigenvalue weighted by Gasteiger charge is -2.31. The zero-order chi connectivity index (χ0) is 22.2. The Hall–Kier alpha value is -3.13. The highest BCUT2D eigenvalue weighted by Gasteiger charge is 2.19. The number of nitrogens with one attached hydrogen (secondary N) is 2. The molecule has 0 heterocycles. The summed E-state index contributed by atoms with van der Waals surface area (Å²) in [6.07, 6.45) is 6.40. The number of nitro benzene ring substituents is 1. The van der Waals surface area contributed by atoms with Crippen LogP contribution in [0.3, 0.4) is 0 Å². The normalized spacial score (nSPS) is 14.3. The number of rotatable bonds is 9. The number of nitrogens with zero attached hydrogens (tertiary/aromatic N) is 2. The third-order valence-corrected chi connectivity index (χ3v) is 5.74. The fourth-order valence-electron chi connectivity index (χ4n) is 4.02. The Morgan fingerprint density at radius 3 is 2.61 bits per heavy atom. The third kappa shape index (κ3) is 6.18. The van der Waals surface area contributed by atoms with Crippen LogP contribution in [-0.4, -0.2) is 42.5 Å². The summed E-state index contributed by atoms with van der Waals surface area (Å²) >= 11 is 0. The number of carbonyl (C=O) groups excluding carboxylic acids is 1. The van der Waals surface area contributed by atoms with Crippen LogP contribution in [0.15, 0.2) is 42.5 Å². The molecule has 1 aliphatic carbocycles. The first-order valence-electron chi connectivity index (χ1n) is 10.6.